The third-order valence-electron chi connectivity index (χ3n) is 2.84. The van der Waals surface area contributed by atoms with Crippen LogP contribution in [0.1, 0.15) is 30.2 Å². The maximum Gasteiger partial charge on any atom is 0.107 e. The van der Waals surface area contributed by atoms with Gasteiger partial charge in [-0.05, 0) is 19.8 Å². The lowest BCUT2D eigenvalue weighted by molar-refractivity contribution is 0.113. The molecule has 1 aliphatic heterocycles. The molecule has 0 radical (unpaired) electrons. The van der Waals surface area contributed by atoms with Gasteiger partial charge in [-0.25, -0.2) is 4.98 Å². The number of hydrogen-bond acceptors (Lipinski definition) is 4. The van der Waals surface area contributed by atoms with Gasteiger partial charge in [0.2, 0.25) is 0 Å². The molecule has 2 heterocycles. The quantitative estimate of drug-likeness (QED) is 0.852. The molecule has 1 aromatic rings. The molecule has 2 atom stereocenters. The van der Waals surface area contributed by atoms with Crippen molar-refractivity contribution < 1.29 is 4.74 Å². The van der Waals surface area contributed by atoms with E-state index in [1.165, 1.54) is 9.88 Å². The lowest BCUT2D eigenvalue weighted by Gasteiger charge is -2.14. The first-order chi connectivity index (χ1) is 7.29. The van der Waals surface area contributed by atoms with E-state index in [0.717, 1.165) is 26.0 Å². The van der Waals surface area contributed by atoms with Gasteiger partial charge in [0.1, 0.15) is 5.01 Å². The van der Waals surface area contributed by atoms with Crippen LogP contribution in [-0.2, 0) is 17.7 Å². The smallest absolute Gasteiger partial charge is 0.107 e. The fourth-order valence-corrected chi connectivity index (χ4v) is 2.62. The lowest BCUT2D eigenvalue weighted by Crippen LogP contribution is -2.34. The van der Waals surface area contributed by atoms with Crippen LogP contribution in [0.5, 0.6) is 0 Å². The summed E-state index contributed by atoms with van der Waals surface area (Å²) in [5.74, 6) is 0. The van der Waals surface area contributed by atoms with Gasteiger partial charge in [0.15, 0.2) is 0 Å². The van der Waals surface area contributed by atoms with E-state index in [-0.39, 0.29) is 0 Å². The first kappa shape index (κ1) is 11.0. The van der Waals surface area contributed by atoms with Crippen molar-refractivity contribution in [3.05, 3.63) is 16.1 Å². The van der Waals surface area contributed by atoms with E-state index in [1.807, 2.05) is 6.20 Å². The number of hydrogen-bond donors (Lipinski definition) is 1. The lowest BCUT2D eigenvalue weighted by atomic mass is 10.1. The van der Waals surface area contributed by atoms with E-state index < -0.39 is 0 Å². The highest BCUT2D eigenvalue weighted by Gasteiger charge is 2.23. The first-order valence-electron chi connectivity index (χ1n) is 5.58. The van der Waals surface area contributed by atoms with Gasteiger partial charge in [-0.1, -0.05) is 6.92 Å². The monoisotopic (exact) mass is 226 g/mol. The molecule has 0 saturated carbocycles. The summed E-state index contributed by atoms with van der Waals surface area (Å²) >= 11 is 1.80. The van der Waals surface area contributed by atoms with Crippen molar-refractivity contribution in [1.82, 2.24) is 10.3 Å². The average molecular weight is 226 g/mol. The molecule has 2 unspecified atom stereocenters. The number of rotatable bonds is 4. The molecule has 1 saturated heterocycles. The number of nitrogens with zero attached hydrogens (tertiary/aromatic N) is 1. The Morgan fingerprint density at radius 3 is 3.13 bits per heavy atom. The van der Waals surface area contributed by atoms with Crippen molar-refractivity contribution >= 4 is 11.3 Å². The van der Waals surface area contributed by atoms with Crippen LogP contribution < -0.4 is 5.32 Å². The molecule has 0 aliphatic carbocycles. The summed E-state index contributed by atoms with van der Waals surface area (Å²) in [6, 6.07) is 0.499. The Morgan fingerprint density at radius 1 is 1.67 bits per heavy atom. The zero-order valence-electron chi connectivity index (χ0n) is 9.32. The van der Waals surface area contributed by atoms with Gasteiger partial charge in [0, 0.05) is 30.3 Å². The molecule has 4 heteroatoms. The molecular weight excluding hydrogens is 208 g/mol. The zero-order valence-corrected chi connectivity index (χ0v) is 10.1. The Kier molecular flexibility index (Phi) is 3.72. The van der Waals surface area contributed by atoms with Crippen LogP contribution in [0, 0.1) is 0 Å². The van der Waals surface area contributed by atoms with Gasteiger partial charge >= 0.3 is 0 Å². The molecule has 2 rings (SSSR count). The average Bonchev–Trinajstić information content (AvgIpc) is 2.84. The molecule has 84 valence electrons. The third kappa shape index (κ3) is 2.77. The largest absolute Gasteiger partial charge is 0.377 e. The van der Waals surface area contributed by atoms with E-state index >= 15 is 0 Å². The summed E-state index contributed by atoms with van der Waals surface area (Å²) < 4.78 is 5.50. The molecular formula is C11H18N2OS. The highest BCUT2D eigenvalue weighted by molar-refractivity contribution is 7.11. The maximum atomic E-state index is 5.50. The van der Waals surface area contributed by atoms with E-state index in [2.05, 4.69) is 24.1 Å². The van der Waals surface area contributed by atoms with Crippen LogP contribution in [0.3, 0.4) is 0 Å². The Morgan fingerprint density at radius 2 is 2.53 bits per heavy atom. The molecule has 0 spiro atoms. The van der Waals surface area contributed by atoms with Crippen molar-refractivity contribution in [1.29, 1.82) is 0 Å². The molecule has 1 N–H and O–H groups in total. The Bertz CT molecular complexity index is 313. The predicted octanol–water partition coefficient (Wildman–Crippen LogP) is 1.97. The molecule has 0 bridgehead atoms. The second-order valence-corrected chi connectivity index (χ2v) is 5.13. The molecule has 15 heavy (non-hydrogen) atoms. The number of nitrogens with one attached hydrogen (secondary N) is 1. The standard InChI is InChI=1S/C11H18N2OS/c1-3-9-6-13-11(15-9)7-12-10-4-5-14-8(10)2/h6,8,10,12H,3-5,7H2,1-2H3. The van der Waals surface area contributed by atoms with Crippen LogP contribution in [0.4, 0.5) is 0 Å². The van der Waals surface area contributed by atoms with Crippen molar-refractivity contribution in [2.24, 2.45) is 0 Å². The number of aromatic nitrogens is 1. The van der Waals surface area contributed by atoms with Crippen molar-refractivity contribution in [2.75, 3.05) is 6.61 Å². The SMILES string of the molecule is CCc1cnc(CNC2CCOC2C)s1. The second kappa shape index (κ2) is 5.05. The van der Waals surface area contributed by atoms with Crippen LogP contribution in [0.25, 0.3) is 0 Å². The second-order valence-electron chi connectivity index (χ2n) is 3.93. The normalized spacial score (nSPS) is 26.0. The zero-order chi connectivity index (χ0) is 10.7. The topological polar surface area (TPSA) is 34.2 Å². The fraction of sp³-hybridized carbons (Fsp3) is 0.727. The Labute approximate surface area is 94.9 Å². The Hall–Kier alpha value is -0.450. The Balaban J connectivity index is 1.82. The molecule has 0 amide bonds. The van der Waals surface area contributed by atoms with Crippen LogP contribution in [0.15, 0.2) is 6.20 Å². The minimum Gasteiger partial charge on any atom is -0.377 e. The van der Waals surface area contributed by atoms with E-state index in [0.29, 0.717) is 12.1 Å². The van der Waals surface area contributed by atoms with E-state index in [1.54, 1.807) is 11.3 Å². The first-order valence-corrected chi connectivity index (χ1v) is 6.39. The molecule has 1 aromatic heterocycles. The summed E-state index contributed by atoms with van der Waals surface area (Å²) in [6.07, 6.45) is 4.53. The summed E-state index contributed by atoms with van der Waals surface area (Å²) in [5.41, 5.74) is 0. The van der Waals surface area contributed by atoms with Gasteiger partial charge in [0.05, 0.1) is 6.10 Å². The maximum absolute atomic E-state index is 5.50. The highest BCUT2D eigenvalue weighted by Crippen LogP contribution is 2.16. The van der Waals surface area contributed by atoms with Crippen molar-refractivity contribution in [3.63, 3.8) is 0 Å². The summed E-state index contributed by atoms with van der Waals surface area (Å²) in [6.45, 7) is 6.06. The van der Waals surface area contributed by atoms with Crippen LogP contribution in [0.2, 0.25) is 0 Å². The van der Waals surface area contributed by atoms with Gasteiger partial charge in [-0.3, -0.25) is 0 Å². The molecule has 0 aromatic carbocycles. The van der Waals surface area contributed by atoms with Gasteiger partial charge < -0.3 is 10.1 Å². The van der Waals surface area contributed by atoms with Crippen molar-refractivity contribution in [2.45, 2.75) is 45.4 Å². The fourth-order valence-electron chi connectivity index (χ4n) is 1.81. The van der Waals surface area contributed by atoms with Crippen LogP contribution >= 0.6 is 11.3 Å². The number of thiazole rings is 1. The molecule has 3 nitrogen and oxygen atoms in total. The summed E-state index contributed by atoms with van der Waals surface area (Å²) in [7, 11) is 0. The van der Waals surface area contributed by atoms with Gasteiger partial charge in [0.25, 0.3) is 0 Å². The van der Waals surface area contributed by atoms with E-state index in [9.17, 15) is 0 Å². The van der Waals surface area contributed by atoms with Crippen LogP contribution in [-0.4, -0.2) is 23.7 Å². The minimum absolute atomic E-state index is 0.343. The van der Waals surface area contributed by atoms with Gasteiger partial charge in [-0.2, -0.15) is 0 Å². The number of ether oxygens (including phenoxy) is 1. The number of aryl methyl sites for hydroxylation is 1. The molecule has 1 fully saturated rings. The van der Waals surface area contributed by atoms with Gasteiger partial charge in [-0.15, -0.1) is 11.3 Å². The summed E-state index contributed by atoms with van der Waals surface area (Å²) in [4.78, 5) is 5.75. The van der Waals surface area contributed by atoms with Crippen molar-refractivity contribution in [3.8, 4) is 0 Å². The molecule has 1 aliphatic rings. The highest BCUT2D eigenvalue weighted by atomic mass is 32.1. The summed E-state index contributed by atoms with van der Waals surface area (Å²) in [5, 5.41) is 4.69. The third-order valence-corrected chi connectivity index (χ3v) is 3.98. The van der Waals surface area contributed by atoms with E-state index in [4.69, 9.17) is 4.74 Å². The predicted molar refractivity (Wildman–Crippen MR) is 62.2 cm³/mol. The minimum atomic E-state index is 0.343.